The summed E-state index contributed by atoms with van der Waals surface area (Å²) in [6, 6.07) is -0.101. The van der Waals surface area contributed by atoms with Crippen molar-refractivity contribution in [3.05, 3.63) is 18.1 Å². The first-order chi connectivity index (χ1) is 4.70. The fourth-order valence-electron chi connectivity index (χ4n) is 0.616. The van der Waals surface area contributed by atoms with Gasteiger partial charge in [-0.15, -0.1) is 0 Å². The lowest BCUT2D eigenvalue weighted by atomic mass is 10.3. The largest absolute Gasteiger partial charge is 0.382 e. The van der Waals surface area contributed by atoms with Crippen LogP contribution in [0.3, 0.4) is 0 Å². The van der Waals surface area contributed by atoms with Crippen LogP contribution in [-0.4, -0.2) is 9.97 Å². The molecule has 1 aromatic rings. The summed E-state index contributed by atoms with van der Waals surface area (Å²) in [6.07, 6.45) is 3.10. The fraction of sp³-hybridized carbons (Fsp3) is 0.333. The molecular weight excluding hydrogens is 128 g/mol. The first kappa shape index (κ1) is 6.95. The van der Waals surface area contributed by atoms with E-state index >= 15 is 0 Å². The molecule has 1 rings (SSSR count). The van der Waals surface area contributed by atoms with Gasteiger partial charge in [0.2, 0.25) is 0 Å². The van der Waals surface area contributed by atoms with Crippen molar-refractivity contribution in [2.75, 3.05) is 5.73 Å². The van der Waals surface area contributed by atoms with Crippen LogP contribution in [-0.2, 0) is 0 Å². The molecule has 1 unspecified atom stereocenters. The van der Waals surface area contributed by atoms with Gasteiger partial charge in [0, 0.05) is 6.04 Å². The fourth-order valence-corrected chi connectivity index (χ4v) is 0.616. The van der Waals surface area contributed by atoms with E-state index < -0.39 is 0 Å². The van der Waals surface area contributed by atoms with Crippen molar-refractivity contribution < 1.29 is 0 Å². The second-order valence-corrected chi connectivity index (χ2v) is 2.16. The number of nitrogens with two attached hydrogens (primary N) is 2. The standard InChI is InChI=1S/C6H10N4/c1-4(7)5-2-9-3-6(8)10-5/h2-4H,7H2,1H3,(H2,8,10). The van der Waals surface area contributed by atoms with E-state index in [2.05, 4.69) is 9.97 Å². The lowest BCUT2D eigenvalue weighted by Gasteiger charge is -2.02. The molecule has 0 amide bonds. The first-order valence-electron chi connectivity index (χ1n) is 3.03. The maximum Gasteiger partial charge on any atom is 0.142 e. The van der Waals surface area contributed by atoms with Crippen molar-refractivity contribution in [1.29, 1.82) is 0 Å². The summed E-state index contributed by atoms with van der Waals surface area (Å²) in [5, 5.41) is 0. The molecule has 0 aromatic carbocycles. The highest BCUT2D eigenvalue weighted by atomic mass is 14.9. The van der Waals surface area contributed by atoms with Gasteiger partial charge in [-0.3, -0.25) is 4.98 Å². The third kappa shape index (κ3) is 1.41. The highest BCUT2D eigenvalue weighted by Crippen LogP contribution is 2.04. The Labute approximate surface area is 59.3 Å². The number of nitrogen functional groups attached to an aromatic ring is 1. The second-order valence-electron chi connectivity index (χ2n) is 2.16. The van der Waals surface area contributed by atoms with Gasteiger partial charge in [-0.1, -0.05) is 0 Å². The molecule has 0 saturated heterocycles. The third-order valence-corrected chi connectivity index (χ3v) is 1.14. The number of hydrogen-bond acceptors (Lipinski definition) is 4. The van der Waals surface area contributed by atoms with Crippen LogP contribution in [0.5, 0.6) is 0 Å². The lowest BCUT2D eigenvalue weighted by molar-refractivity contribution is 0.775. The minimum Gasteiger partial charge on any atom is -0.382 e. The van der Waals surface area contributed by atoms with Crippen LogP contribution in [0.15, 0.2) is 12.4 Å². The monoisotopic (exact) mass is 138 g/mol. The van der Waals surface area contributed by atoms with Gasteiger partial charge in [0.1, 0.15) is 5.82 Å². The number of rotatable bonds is 1. The Bertz CT molecular complexity index is 221. The minimum absolute atomic E-state index is 0.101. The van der Waals surface area contributed by atoms with Gasteiger partial charge in [0.15, 0.2) is 0 Å². The van der Waals surface area contributed by atoms with Crippen molar-refractivity contribution >= 4 is 5.82 Å². The van der Waals surface area contributed by atoms with Gasteiger partial charge in [-0.05, 0) is 6.92 Å². The molecule has 0 aliphatic rings. The summed E-state index contributed by atoms with van der Waals surface area (Å²) in [7, 11) is 0. The number of aromatic nitrogens is 2. The van der Waals surface area contributed by atoms with E-state index in [-0.39, 0.29) is 6.04 Å². The van der Waals surface area contributed by atoms with E-state index in [0.29, 0.717) is 5.82 Å². The van der Waals surface area contributed by atoms with Crippen LogP contribution in [0.4, 0.5) is 5.82 Å². The molecule has 0 fully saturated rings. The molecule has 0 bridgehead atoms. The SMILES string of the molecule is CC(N)c1cncc(N)n1. The van der Waals surface area contributed by atoms with Gasteiger partial charge >= 0.3 is 0 Å². The van der Waals surface area contributed by atoms with Gasteiger partial charge in [0.05, 0.1) is 18.1 Å². The summed E-state index contributed by atoms with van der Waals surface area (Å²) >= 11 is 0. The van der Waals surface area contributed by atoms with Crippen LogP contribution >= 0.6 is 0 Å². The Morgan fingerprint density at radius 2 is 2.20 bits per heavy atom. The Morgan fingerprint density at radius 3 is 2.60 bits per heavy atom. The molecule has 0 aliphatic heterocycles. The van der Waals surface area contributed by atoms with Crippen LogP contribution in [0.25, 0.3) is 0 Å². The Kier molecular flexibility index (Phi) is 1.82. The summed E-state index contributed by atoms with van der Waals surface area (Å²) < 4.78 is 0. The summed E-state index contributed by atoms with van der Waals surface area (Å²) in [4.78, 5) is 7.80. The first-order valence-corrected chi connectivity index (χ1v) is 3.03. The Balaban J connectivity index is 2.96. The molecule has 0 radical (unpaired) electrons. The predicted octanol–water partition coefficient (Wildman–Crippen LogP) is 0.0785. The second kappa shape index (κ2) is 2.62. The van der Waals surface area contributed by atoms with E-state index in [9.17, 15) is 0 Å². The van der Waals surface area contributed by atoms with Crippen molar-refractivity contribution in [3.8, 4) is 0 Å². The maximum atomic E-state index is 5.52. The van der Waals surface area contributed by atoms with E-state index in [1.54, 1.807) is 6.20 Å². The average molecular weight is 138 g/mol. The maximum absolute atomic E-state index is 5.52. The van der Waals surface area contributed by atoms with Crippen LogP contribution in [0, 0.1) is 0 Å². The van der Waals surface area contributed by atoms with E-state index in [1.807, 2.05) is 6.92 Å². The zero-order valence-corrected chi connectivity index (χ0v) is 5.78. The third-order valence-electron chi connectivity index (χ3n) is 1.14. The van der Waals surface area contributed by atoms with Gasteiger partial charge in [0.25, 0.3) is 0 Å². The van der Waals surface area contributed by atoms with E-state index in [0.717, 1.165) is 5.69 Å². The minimum atomic E-state index is -0.101. The van der Waals surface area contributed by atoms with E-state index in [1.165, 1.54) is 6.20 Å². The molecular formula is C6H10N4. The molecule has 4 N–H and O–H groups in total. The molecule has 10 heavy (non-hydrogen) atoms. The van der Waals surface area contributed by atoms with Crippen LogP contribution < -0.4 is 11.5 Å². The lowest BCUT2D eigenvalue weighted by Crippen LogP contribution is -2.08. The van der Waals surface area contributed by atoms with Gasteiger partial charge in [-0.2, -0.15) is 0 Å². The summed E-state index contributed by atoms with van der Waals surface area (Å²) in [6.45, 7) is 1.84. The van der Waals surface area contributed by atoms with Gasteiger partial charge < -0.3 is 11.5 Å². The zero-order valence-electron chi connectivity index (χ0n) is 5.78. The molecule has 1 heterocycles. The van der Waals surface area contributed by atoms with Crippen molar-refractivity contribution in [2.24, 2.45) is 5.73 Å². The average Bonchev–Trinajstić information content (AvgIpc) is 1.88. The van der Waals surface area contributed by atoms with Gasteiger partial charge in [-0.25, -0.2) is 4.98 Å². The predicted molar refractivity (Wildman–Crippen MR) is 39.0 cm³/mol. The molecule has 54 valence electrons. The van der Waals surface area contributed by atoms with Crippen molar-refractivity contribution in [1.82, 2.24) is 9.97 Å². The Morgan fingerprint density at radius 1 is 1.50 bits per heavy atom. The van der Waals surface area contributed by atoms with E-state index in [4.69, 9.17) is 11.5 Å². The molecule has 0 spiro atoms. The van der Waals surface area contributed by atoms with Crippen LogP contribution in [0.1, 0.15) is 18.7 Å². The van der Waals surface area contributed by atoms with Crippen molar-refractivity contribution in [3.63, 3.8) is 0 Å². The molecule has 1 atom stereocenters. The van der Waals surface area contributed by atoms with Crippen molar-refractivity contribution in [2.45, 2.75) is 13.0 Å². The zero-order chi connectivity index (χ0) is 7.56. The molecule has 4 nitrogen and oxygen atoms in total. The smallest absolute Gasteiger partial charge is 0.142 e. The summed E-state index contributed by atoms with van der Waals surface area (Å²) in [5.74, 6) is 0.412. The number of nitrogens with zero attached hydrogens (tertiary/aromatic N) is 2. The number of anilines is 1. The molecule has 0 saturated carbocycles. The normalized spacial score (nSPS) is 13.0. The highest BCUT2D eigenvalue weighted by Gasteiger charge is 1.99. The summed E-state index contributed by atoms with van der Waals surface area (Å²) in [5.41, 5.74) is 11.6. The highest BCUT2D eigenvalue weighted by molar-refractivity contribution is 5.24. The van der Waals surface area contributed by atoms with Crippen LogP contribution in [0.2, 0.25) is 0 Å². The topological polar surface area (TPSA) is 77.8 Å². The quantitative estimate of drug-likeness (QED) is 0.576. The number of hydrogen-bond donors (Lipinski definition) is 2. The molecule has 0 aliphatic carbocycles. The molecule has 4 heteroatoms. The molecule has 1 aromatic heterocycles. The Hall–Kier alpha value is -1.16.